The molecule has 2 fully saturated rings. The van der Waals surface area contributed by atoms with Crippen molar-refractivity contribution in [2.24, 2.45) is 0 Å². The number of unbranched alkanes of at least 4 members (excludes halogenated alkanes) is 2. The van der Waals surface area contributed by atoms with Gasteiger partial charge in [-0.3, -0.25) is 9.69 Å². The van der Waals surface area contributed by atoms with Crippen LogP contribution in [0.1, 0.15) is 192 Å². The Bertz CT molecular complexity index is 4160. The second kappa shape index (κ2) is 43.0. The molecule has 20 nitrogen and oxygen atoms in total. The second-order valence-electron chi connectivity index (χ2n) is 38.5. The van der Waals surface area contributed by atoms with Crippen LogP contribution >= 0.6 is 0 Å². The average molecular weight is 1740 g/mol. The van der Waals surface area contributed by atoms with E-state index in [1.165, 1.54) is 0 Å². The number of nitrogens with zero attached hydrogens (tertiary/aromatic N) is 4. The number of carbonyl (C=O) groups is 2. The molecule has 2 unspecified atom stereocenters. The number of hydrogen-bond donors (Lipinski definition) is 2. The number of ether oxygens (including phenoxy) is 8. The van der Waals surface area contributed by atoms with Gasteiger partial charge in [-0.1, -0.05) is 194 Å². The molecule has 0 radical (unpaired) electrons. The highest BCUT2D eigenvalue weighted by Gasteiger charge is 2.46. The number of amides is 2. The van der Waals surface area contributed by atoms with Crippen molar-refractivity contribution in [1.29, 1.82) is 0 Å². The van der Waals surface area contributed by atoms with Crippen LogP contribution in [0.2, 0.25) is 71.5 Å². The van der Waals surface area contributed by atoms with Gasteiger partial charge in [-0.25, -0.2) is 32.5 Å². The molecule has 24 heteroatoms. The number of rotatable bonds is 38. The molecule has 6 atom stereocenters. The molecule has 6 aromatic carbocycles. The van der Waals surface area contributed by atoms with E-state index in [-0.39, 0.29) is 47.3 Å². The molecule has 2 aliphatic heterocycles. The zero-order chi connectivity index (χ0) is 89.4. The number of carbonyl (C=O) groups excluding carboxylic acids is 2. The Morgan fingerprint density at radius 2 is 0.779 bits per heavy atom. The summed E-state index contributed by atoms with van der Waals surface area (Å²) in [6, 6.07) is 35.9. The number of hydrogen-bond acceptors (Lipinski definition) is 16. The van der Waals surface area contributed by atoms with Gasteiger partial charge in [0.05, 0.1) is 53.9 Å². The molecule has 10 rings (SSSR count). The summed E-state index contributed by atoms with van der Waals surface area (Å²) in [5.41, 5.74) is 14.7. The van der Waals surface area contributed by atoms with Crippen molar-refractivity contribution < 1.29 is 65.2 Å². The highest BCUT2D eigenvalue weighted by atomic mass is 28.4. The molecule has 122 heavy (non-hydrogen) atoms. The molecular weight excluding hydrogens is 1600 g/mol. The minimum Gasteiger partial charge on any atom is -0.541 e. The Hall–Kier alpha value is -7.73. The van der Waals surface area contributed by atoms with Gasteiger partial charge in [-0.05, 0) is 181 Å². The molecular formula is C98H146N6O14Si4. The topological polar surface area (TPSA) is 184 Å². The third kappa shape index (κ3) is 23.3. The number of fused-ring (bicyclic) bond motifs is 6. The highest BCUT2D eigenvalue weighted by Crippen LogP contribution is 2.50. The number of alkyl carbamates (subject to hydrolysis) is 2. The van der Waals surface area contributed by atoms with Crippen LogP contribution in [0.15, 0.2) is 109 Å². The third-order valence-electron chi connectivity index (χ3n) is 27.7. The van der Waals surface area contributed by atoms with Gasteiger partial charge in [-0.2, -0.15) is 0 Å². The van der Waals surface area contributed by atoms with Gasteiger partial charge >= 0.3 is 12.2 Å². The molecule has 6 aromatic rings. The summed E-state index contributed by atoms with van der Waals surface area (Å²) in [6.45, 7) is 71.4. The van der Waals surface area contributed by atoms with Gasteiger partial charge < -0.3 is 66.2 Å². The SMILES string of the molecule is [C-]#[N+][C@H](C(Cc1cc(O[Si](C)(C)C(C)(C)C)c(OC)c(C)c1OC)NC(=O)OCC1c2ccccc2-c2ccccc21)N1CCO[C@@H](CCCCO[Si](C)(C(C)C)C(C)C)C1.[C-]#[N+][C@H](C(Cc1cc(O[Si](C)(C)C(C)(C)C)c(OC)c(C)c1OC)NC(=O)OCC1c2ccccc2-c2ccccc21)N1CCO[C@@H](CCCCO[Si](C)(C(C)C)C(C)C)C1. The van der Waals surface area contributed by atoms with E-state index < -0.39 is 69.9 Å². The minimum absolute atomic E-state index is 0.0331. The summed E-state index contributed by atoms with van der Waals surface area (Å²) >= 11 is 0. The van der Waals surface area contributed by atoms with E-state index in [2.05, 4.69) is 215 Å². The van der Waals surface area contributed by atoms with E-state index in [0.717, 1.165) is 119 Å². The lowest BCUT2D eigenvalue weighted by Crippen LogP contribution is -2.56. The third-order valence-corrected chi connectivity index (χ3v) is 47.2. The van der Waals surface area contributed by atoms with Crippen LogP contribution in [0.25, 0.3) is 31.9 Å². The first-order chi connectivity index (χ1) is 57.7. The van der Waals surface area contributed by atoms with Gasteiger partial charge in [0.15, 0.2) is 28.1 Å². The van der Waals surface area contributed by atoms with E-state index in [4.69, 9.17) is 68.7 Å². The van der Waals surface area contributed by atoms with Crippen LogP contribution in [0, 0.1) is 27.0 Å². The molecule has 0 bridgehead atoms. The Labute approximate surface area is 736 Å². The molecule has 2 saturated heterocycles. The second-order valence-corrected chi connectivity index (χ2v) is 57.9. The number of nitrogens with one attached hydrogen (secondary N) is 2. The zero-order valence-corrected chi connectivity index (χ0v) is 82.6. The number of benzene rings is 6. The molecule has 0 saturated carbocycles. The fraction of sp³-hybridized carbons (Fsp3) is 0.592. The van der Waals surface area contributed by atoms with Gasteiger partial charge in [0.2, 0.25) is 0 Å². The van der Waals surface area contributed by atoms with E-state index >= 15 is 0 Å². The lowest BCUT2D eigenvalue weighted by atomic mass is 9.98. The molecule has 2 aliphatic carbocycles. The Morgan fingerprint density at radius 3 is 1.06 bits per heavy atom. The molecule has 2 N–H and O–H groups in total. The number of methoxy groups -OCH3 is 4. The van der Waals surface area contributed by atoms with Crippen molar-refractivity contribution >= 4 is 45.5 Å². The largest absolute Gasteiger partial charge is 0.541 e. The molecule has 0 aromatic heterocycles. The van der Waals surface area contributed by atoms with Crippen molar-refractivity contribution in [3.05, 3.63) is 177 Å². The molecule has 0 spiro atoms. The van der Waals surface area contributed by atoms with Crippen molar-refractivity contribution in [3.63, 3.8) is 0 Å². The lowest BCUT2D eigenvalue weighted by Gasteiger charge is -2.37. The maximum Gasteiger partial charge on any atom is 0.407 e. The maximum atomic E-state index is 14.1. The normalized spacial score (nSPS) is 17.0. The van der Waals surface area contributed by atoms with Crippen LogP contribution in [-0.2, 0) is 40.6 Å². The predicted molar refractivity (Wildman–Crippen MR) is 502 cm³/mol. The van der Waals surface area contributed by atoms with E-state index in [0.29, 0.717) is 109 Å². The molecule has 2 heterocycles. The Kier molecular flexibility index (Phi) is 34.5. The summed E-state index contributed by atoms with van der Waals surface area (Å²) in [6.07, 6.45) is 3.63. The fourth-order valence-corrected chi connectivity index (χ4v) is 24.4. The summed E-state index contributed by atoms with van der Waals surface area (Å²) in [4.78, 5) is 41.0. The van der Waals surface area contributed by atoms with Crippen molar-refractivity contribution in [3.8, 4) is 56.8 Å². The monoisotopic (exact) mass is 1740 g/mol. The highest BCUT2D eigenvalue weighted by molar-refractivity contribution is 6.76. The van der Waals surface area contributed by atoms with E-state index in [1.807, 2.05) is 74.5 Å². The van der Waals surface area contributed by atoms with Gasteiger partial charge in [0.1, 0.15) is 48.3 Å². The van der Waals surface area contributed by atoms with Crippen molar-refractivity contribution in [1.82, 2.24) is 20.4 Å². The first-order valence-electron chi connectivity index (χ1n) is 44.5. The minimum atomic E-state index is -2.29. The molecule has 2 amide bonds. The molecule has 4 aliphatic rings. The van der Waals surface area contributed by atoms with Crippen LogP contribution in [-0.4, -0.2) is 186 Å². The van der Waals surface area contributed by atoms with Crippen LogP contribution in [0.3, 0.4) is 0 Å². The summed E-state index contributed by atoms with van der Waals surface area (Å²) < 4.78 is 75.8. The molecule has 668 valence electrons. The first kappa shape index (κ1) is 98.1. The van der Waals surface area contributed by atoms with Crippen LogP contribution < -0.4 is 38.4 Å². The number of morpholine rings is 2. The Balaban J connectivity index is 0.000000277. The fourth-order valence-electron chi connectivity index (χ4n) is 17.2. The lowest BCUT2D eigenvalue weighted by molar-refractivity contribution is -0.0461. The van der Waals surface area contributed by atoms with Crippen molar-refractivity contribution in [2.75, 3.05) is 94.3 Å². The quantitative estimate of drug-likeness (QED) is 0.0212. The van der Waals surface area contributed by atoms with Gasteiger partial charge in [0.25, 0.3) is 29.0 Å². The first-order valence-corrected chi connectivity index (χ1v) is 55.5. The summed E-state index contributed by atoms with van der Waals surface area (Å²) in [5, 5.41) is 6.28. The van der Waals surface area contributed by atoms with Crippen LogP contribution in [0.5, 0.6) is 34.5 Å². The summed E-state index contributed by atoms with van der Waals surface area (Å²) in [5.74, 6) is 3.61. The van der Waals surface area contributed by atoms with Crippen LogP contribution in [0.4, 0.5) is 9.59 Å². The maximum absolute atomic E-state index is 14.1. The zero-order valence-electron chi connectivity index (χ0n) is 78.6. The standard InChI is InChI=1S/2C49H73N3O7Si2/c2*1-33(2)61(14,34(3)4)58-27-20-19-21-37-31-52(26-28-56-37)47(50-9)43(29-36-30-44(59-60(12,13)49(6,7)8)46(55-11)35(5)45(36)54-10)51-48(53)57-32-42-40-24-17-15-22-38(40)39-23-16-18-25-41(39)42/h2*15-18,22-25,30,33-34,37,42-43,47H,19-21,26-29,31-32H2,1-8,10-14H3,(H,51,53)/t2*37-,43?,47-/m00/s1. The van der Waals surface area contributed by atoms with Crippen molar-refractivity contribution in [2.45, 2.75) is 282 Å². The van der Waals surface area contributed by atoms with E-state index in [9.17, 15) is 9.59 Å². The van der Waals surface area contributed by atoms with E-state index in [1.54, 1.807) is 28.4 Å². The predicted octanol–water partition coefficient (Wildman–Crippen LogP) is 22.7. The summed E-state index contributed by atoms with van der Waals surface area (Å²) in [7, 11) is -1.62. The Morgan fingerprint density at radius 1 is 0.475 bits per heavy atom. The van der Waals surface area contributed by atoms with Gasteiger partial charge in [-0.15, -0.1) is 0 Å². The smallest absolute Gasteiger partial charge is 0.407 e. The van der Waals surface area contributed by atoms with Gasteiger partial charge in [0, 0.05) is 86.3 Å². The average Bonchev–Trinajstić information content (AvgIpc) is 1.60.